The Kier molecular flexibility index (Phi) is 3.69. The lowest BCUT2D eigenvalue weighted by Crippen LogP contribution is -2.05. The van der Waals surface area contributed by atoms with Crippen molar-refractivity contribution in [1.82, 2.24) is 0 Å². The average molecular weight is 224 g/mol. The van der Waals surface area contributed by atoms with E-state index in [1.165, 1.54) is 6.26 Å². The molecule has 0 saturated heterocycles. The Morgan fingerprint density at radius 3 is 2.20 bits per heavy atom. The Labute approximate surface area is 91.6 Å². The monoisotopic (exact) mass is 224 g/mol. The Hall–Kier alpha value is -1.09. The molecule has 1 aromatic rings. The van der Waals surface area contributed by atoms with Crippen LogP contribution in [-0.2, 0) is 16.3 Å². The molecule has 0 aliphatic rings. The van der Waals surface area contributed by atoms with Crippen molar-refractivity contribution < 1.29 is 8.42 Å². The van der Waals surface area contributed by atoms with Crippen LogP contribution in [0.3, 0.4) is 0 Å². The third-order valence-corrected chi connectivity index (χ3v) is 3.15. The van der Waals surface area contributed by atoms with E-state index >= 15 is 0 Å². The molecule has 15 heavy (non-hydrogen) atoms. The van der Waals surface area contributed by atoms with Gasteiger partial charge in [0, 0.05) is 6.26 Å². The van der Waals surface area contributed by atoms with Gasteiger partial charge in [0.1, 0.15) is 9.84 Å². The molecule has 82 valence electrons. The van der Waals surface area contributed by atoms with Crippen molar-refractivity contribution in [2.45, 2.75) is 13.3 Å². The number of hydrogen-bond acceptors (Lipinski definition) is 2. The second-order valence-corrected chi connectivity index (χ2v) is 6.12. The van der Waals surface area contributed by atoms with Gasteiger partial charge in [-0.1, -0.05) is 36.4 Å². The fraction of sp³-hybridized carbons (Fsp3) is 0.333. The first-order valence-corrected chi connectivity index (χ1v) is 6.87. The SMILES string of the molecule is C=C(C)c1ccc(CCS(C)(=O)=O)cc1. The lowest BCUT2D eigenvalue weighted by atomic mass is 10.1. The van der Waals surface area contributed by atoms with Gasteiger partial charge in [0.2, 0.25) is 0 Å². The van der Waals surface area contributed by atoms with Crippen LogP contribution in [0.1, 0.15) is 18.1 Å². The number of aryl methyl sites for hydroxylation is 1. The molecule has 1 rings (SSSR count). The molecule has 0 aliphatic carbocycles. The molecule has 0 heterocycles. The van der Waals surface area contributed by atoms with Crippen molar-refractivity contribution in [2.75, 3.05) is 12.0 Å². The van der Waals surface area contributed by atoms with Gasteiger partial charge in [-0.05, 0) is 24.5 Å². The number of benzene rings is 1. The molecule has 0 fully saturated rings. The molecule has 0 atom stereocenters. The van der Waals surface area contributed by atoms with Crippen LogP contribution in [0, 0.1) is 0 Å². The summed E-state index contributed by atoms with van der Waals surface area (Å²) in [5.74, 6) is 0.208. The average Bonchev–Trinajstić information content (AvgIpc) is 2.14. The lowest BCUT2D eigenvalue weighted by molar-refractivity contribution is 0.601. The van der Waals surface area contributed by atoms with Gasteiger partial charge in [0.25, 0.3) is 0 Å². The molecule has 0 N–H and O–H groups in total. The van der Waals surface area contributed by atoms with E-state index in [1.54, 1.807) is 0 Å². The smallest absolute Gasteiger partial charge is 0.147 e. The predicted octanol–water partition coefficient (Wildman–Crippen LogP) is 2.31. The van der Waals surface area contributed by atoms with Gasteiger partial charge in [-0.25, -0.2) is 8.42 Å². The topological polar surface area (TPSA) is 34.1 Å². The van der Waals surface area contributed by atoms with Crippen molar-refractivity contribution in [3.05, 3.63) is 42.0 Å². The summed E-state index contributed by atoms with van der Waals surface area (Å²) >= 11 is 0. The summed E-state index contributed by atoms with van der Waals surface area (Å²) in [5.41, 5.74) is 3.16. The van der Waals surface area contributed by atoms with Crippen molar-refractivity contribution in [3.63, 3.8) is 0 Å². The van der Waals surface area contributed by atoms with Crippen LogP contribution in [0.5, 0.6) is 0 Å². The molecule has 0 radical (unpaired) electrons. The largest absolute Gasteiger partial charge is 0.229 e. The second kappa shape index (κ2) is 4.62. The zero-order chi connectivity index (χ0) is 11.5. The molecule has 2 nitrogen and oxygen atoms in total. The van der Waals surface area contributed by atoms with Crippen LogP contribution in [0.4, 0.5) is 0 Å². The van der Waals surface area contributed by atoms with Crippen molar-refractivity contribution in [1.29, 1.82) is 0 Å². The maximum absolute atomic E-state index is 11.0. The minimum absolute atomic E-state index is 0.208. The molecule has 0 aliphatic heterocycles. The molecule has 0 aromatic heterocycles. The molecule has 0 saturated carbocycles. The highest BCUT2D eigenvalue weighted by Crippen LogP contribution is 2.12. The van der Waals surface area contributed by atoms with E-state index in [-0.39, 0.29) is 5.75 Å². The Morgan fingerprint density at radius 1 is 1.27 bits per heavy atom. The highest BCUT2D eigenvalue weighted by Gasteiger charge is 2.02. The lowest BCUT2D eigenvalue weighted by Gasteiger charge is -2.03. The van der Waals surface area contributed by atoms with E-state index < -0.39 is 9.84 Å². The van der Waals surface area contributed by atoms with Crippen LogP contribution in [0.15, 0.2) is 30.8 Å². The summed E-state index contributed by atoms with van der Waals surface area (Å²) < 4.78 is 21.9. The summed E-state index contributed by atoms with van der Waals surface area (Å²) in [6, 6.07) is 7.85. The van der Waals surface area contributed by atoms with E-state index in [9.17, 15) is 8.42 Å². The van der Waals surface area contributed by atoms with Gasteiger partial charge in [-0.15, -0.1) is 0 Å². The highest BCUT2D eigenvalue weighted by molar-refractivity contribution is 7.90. The van der Waals surface area contributed by atoms with Crippen molar-refractivity contribution >= 4 is 15.4 Å². The minimum Gasteiger partial charge on any atom is -0.229 e. The fourth-order valence-corrected chi connectivity index (χ4v) is 1.87. The minimum atomic E-state index is -2.87. The molecule has 3 heteroatoms. The number of sulfone groups is 1. The summed E-state index contributed by atoms with van der Waals surface area (Å²) in [7, 11) is -2.87. The van der Waals surface area contributed by atoms with Crippen LogP contribution in [-0.4, -0.2) is 20.4 Å². The van der Waals surface area contributed by atoms with Gasteiger partial charge >= 0.3 is 0 Å². The van der Waals surface area contributed by atoms with E-state index in [0.717, 1.165) is 16.7 Å². The molecule has 1 aromatic carbocycles. The van der Waals surface area contributed by atoms with E-state index in [0.29, 0.717) is 6.42 Å². The molecular formula is C12H16O2S. The first-order chi connectivity index (χ1) is 6.88. The van der Waals surface area contributed by atoms with Crippen molar-refractivity contribution in [3.8, 4) is 0 Å². The molecule has 0 amide bonds. The maximum atomic E-state index is 11.0. The van der Waals surface area contributed by atoms with Crippen LogP contribution >= 0.6 is 0 Å². The summed E-state index contributed by atoms with van der Waals surface area (Å²) in [6.45, 7) is 5.79. The second-order valence-electron chi connectivity index (χ2n) is 3.86. The molecular weight excluding hydrogens is 208 g/mol. The van der Waals surface area contributed by atoms with E-state index in [4.69, 9.17) is 0 Å². The van der Waals surface area contributed by atoms with Crippen molar-refractivity contribution in [2.24, 2.45) is 0 Å². The quantitative estimate of drug-likeness (QED) is 0.786. The van der Waals surface area contributed by atoms with Crippen LogP contribution < -0.4 is 0 Å². The molecule has 0 spiro atoms. The standard InChI is InChI=1S/C12H16O2S/c1-10(2)12-6-4-11(5-7-12)8-9-15(3,13)14/h4-7H,1,8-9H2,2-3H3. The summed E-state index contributed by atoms with van der Waals surface area (Å²) in [6.07, 6.45) is 1.84. The normalized spacial score (nSPS) is 11.3. The Morgan fingerprint density at radius 2 is 1.80 bits per heavy atom. The fourth-order valence-electron chi connectivity index (χ4n) is 1.26. The molecule has 0 unspecified atom stereocenters. The van der Waals surface area contributed by atoms with Gasteiger partial charge in [0.05, 0.1) is 5.75 Å². The maximum Gasteiger partial charge on any atom is 0.147 e. The number of rotatable bonds is 4. The van der Waals surface area contributed by atoms with Crippen LogP contribution in [0.25, 0.3) is 5.57 Å². The van der Waals surface area contributed by atoms with Gasteiger partial charge < -0.3 is 0 Å². The number of allylic oxidation sites excluding steroid dienone is 1. The summed E-state index contributed by atoms with van der Waals surface area (Å²) in [4.78, 5) is 0. The van der Waals surface area contributed by atoms with Gasteiger partial charge in [-0.2, -0.15) is 0 Å². The van der Waals surface area contributed by atoms with Crippen LogP contribution in [0.2, 0.25) is 0 Å². The first kappa shape index (κ1) is 12.0. The van der Waals surface area contributed by atoms with Gasteiger partial charge in [0.15, 0.2) is 0 Å². The Bertz CT molecular complexity index is 441. The third-order valence-electron chi connectivity index (χ3n) is 2.21. The van der Waals surface area contributed by atoms with E-state index in [2.05, 4.69) is 6.58 Å². The Balaban J connectivity index is 2.69. The number of hydrogen-bond donors (Lipinski definition) is 0. The van der Waals surface area contributed by atoms with E-state index in [1.807, 2.05) is 31.2 Å². The zero-order valence-corrected chi connectivity index (χ0v) is 9.97. The summed E-state index contributed by atoms with van der Waals surface area (Å²) in [5, 5.41) is 0. The molecule has 0 bridgehead atoms. The predicted molar refractivity (Wildman–Crippen MR) is 64.6 cm³/mol. The first-order valence-electron chi connectivity index (χ1n) is 4.81. The highest BCUT2D eigenvalue weighted by atomic mass is 32.2. The third kappa shape index (κ3) is 4.30. The van der Waals surface area contributed by atoms with Gasteiger partial charge in [-0.3, -0.25) is 0 Å². The zero-order valence-electron chi connectivity index (χ0n) is 9.16.